The lowest BCUT2D eigenvalue weighted by Crippen LogP contribution is -2.36. The molecule has 0 spiro atoms. The highest BCUT2D eigenvalue weighted by molar-refractivity contribution is 6.31. The third kappa shape index (κ3) is 3.17. The first-order valence-corrected chi connectivity index (χ1v) is 9.29. The lowest BCUT2D eigenvalue weighted by molar-refractivity contribution is 0.240. The lowest BCUT2D eigenvalue weighted by atomic mass is 9.95. The molecule has 5 nitrogen and oxygen atoms in total. The Morgan fingerprint density at radius 2 is 2.12 bits per heavy atom. The Morgan fingerprint density at radius 1 is 1.31 bits per heavy atom. The molecule has 3 heterocycles. The maximum Gasteiger partial charge on any atom is 0.254 e. The van der Waals surface area contributed by atoms with E-state index in [4.69, 9.17) is 16.6 Å². The summed E-state index contributed by atoms with van der Waals surface area (Å²) in [6.45, 7) is 8.53. The molecule has 1 aliphatic rings. The van der Waals surface area contributed by atoms with Gasteiger partial charge in [0, 0.05) is 52.7 Å². The molecular weight excluding hydrogens is 348 g/mol. The zero-order valence-electron chi connectivity index (χ0n) is 15.3. The smallest absolute Gasteiger partial charge is 0.254 e. The van der Waals surface area contributed by atoms with Gasteiger partial charge in [0.05, 0.1) is 5.69 Å². The van der Waals surface area contributed by atoms with Crippen LogP contribution >= 0.6 is 11.6 Å². The second-order valence-corrected chi connectivity index (χ2v) is 8.49. The van der Waals surface area contributed by atoms with Crippen LogP contribution in [0.3, 0.4) is 0 Å². The average Bonchev–Trinajstić information content (AvgIpc) is 2.96. The molecule has 0 aliphatic carbocycles. The molecule has 0 saturated carbocycles. The standard InChI is InChI=1S/C20H23ClN4O/c1-20(2,3)19-23-17-11-25(7-6-14(17)18(26)24-19)10-12-9-22-16-5-4-13(21)8-15(12)16/h4-5,8-9,22H,6-7,10-11H2,1-3H3,(H,23,24,26). The fourth-order valence-corrected chi connectivity index (χ4v) is 3.68. The van der Waals surface area contributed by atoms with Gasteiger partial charge in [-0.25, -0.2) is 4.98 Å². The van der Waals surface area contributed by atoms with E-state index in [0.29, 0.717) is 6.54 Å². The first kappa shape index (κ1) is 17.3. The Morgan fingerprint density at radius 3 is 2.88 bits per heavy atom. The van der Waals surface area contributed by atoms with Gasteiger partial charge in [0.15, 0.2) is 0 Å². The molecule has 0 bridgehead atoms. The molecule has 2 aromatic heterocycles. The van der Waals surface area contributed by atoms with Crippen LogP contribution < -0.4 is 5.56 Å². The van der Waals surface area contributed by atoms with Crippen molar-refractivity contribution in [3.05, 3.63) is 62.4 Å². The molecular formula is C20H23ClN4O. The maximum absolute atomic E-state index is 12.4. The molecule has 136 valence electrons. The minimum absolute atomic E-state index is 0.0125. The number of halogens is 1. The van der Waals surface area contributed by atoms with Gasteiger partial charge in [0.1, 0.15) is 5.82 Å². The monoisotopic (exact) mass is 370 g/mol. The summed E-state index contributed by atoms with van der Waals surface area (Å²) in [5, 5.41) is 1.89. The summed E-state index contributed by atoms with van der Waals surface area (Å²) >= 11 is 6.16. The van der Waals surface area contributed by atoms with Crippen LogP contribution in [-0.4, -0.2) is 26.4 Å². The minimum Gasteiger partial charge on any atom is -0.361 e. The van der Waals surface area contributed by atoms with Crippen molar-refractivity contribution >= 4 is 22.5 Å². The number of hydrogen-bond acceptors (Lipinski definition) is 3. The van der Waals surface area contributed by atoms with Crippen LogP contribution in [0, 0.1) is 0 Å². The van der Waals surface area contributed by atoms with Crippen molar-refractivity contribution in [2.24, 2.45) is 0 Å². The molecule has 3 aromatic rings. The van der Waals surface area contributed by atoms with Gasteiger partial charge < -0.3 is 9.97 Å². The van der Waals surface area contributed by atoms with Crippen LogP contribution in [0.4, 0.5) is 0 Å². The number of nitrogens with zero attached hydrogens (tertiary/aromatic N) is 2. The van der Waals surface area contributed by atoms with Gasteiger partial charge in [-0.3, -0.25) is 9.69 Å². The molecule has 0 atom stereocenters. The highest BCUT2D eigenvalue weighted by Gasteiger charge is 2.25. The third-order valence-corrected chi connectivity index (χ3v) is 5.22. The highest BCUT2D eigenvalue weighted by Crippen LogP contribution is 2.26. The van der Waals surface area contributed by atoms with E-state index in [1.807, 2.05) is 24.4 Å². The average molecular weight is 371 g/mol. The fraction of sp³-hybridized carbons (Fsp3) is 0.400. The molecule has 0 radical (unpaired) electrons. The Labute approximate surface area is 157 Å². The van der Waals surface area contributed by atoms with Crippen LogP contribution in [0.1, 0.15) is 43.4 Å². The van der Waals surface area contributed by atoms with Gasteiger partial charge in [0.2, 0.25) is 0 Å². The van der Waals surface area contributed by atoms with Crippen LogP contribution in [0.5, 0.6) is 0 Å². The maximum atomic E-state index is 12.4. The van der Waals surface area contributed by atoms with E-state index in [-0.39, 0.29) is 11.0 Å². The number of H-pyrrole nitrogens is 2. The summed E-state index contributed by atoms with van der Waals surface area (Å²) in [7, 11) is 0. The van der Waals surface area contributed by atoms with Gasteiger partial charge in [-0.2, -0.15) is 0 Å². The van der Waals surface area contributed by atoms with Crippen molar-refractivity contribution in [3.8, 4) is 0 Å². The van der Waals surface area contributed by atoms with Gasteiger partial charge >= 0.3 is 0 Å². The first-order chi connectivity index (χ1) is 12.3. The van der Waals surface area contributed by atoms with E-state index < -0.39 is 0 Å². The first-order valence-electron chi connectivity index (χ1n) is 8.92. The van der Waals surface area contributed by atoms with Crippen LogP contribution in [0.25, 0.3) is 10.9 Å². The number of rotatable bonds is 2. The van der Waals surface area contributed by atoms with E-state index >= 15 is 0 Å². The topological polar surface area (TPSA) is 64.8 Å². The summed E-state index contributed by atoms with van der Waals surface area (Å²) in [6, 6.07) is 5.90. The highest BCUT2D eigenvalue weighted by atomic mass is 35.5. The molecule has 1 aliphatic heterocycles. The van der Waals surface area contributed by atoms with Crippen molar-refractivity contribution in [2.45, 2.75) is 45.7 Å². The minimum atomic E-state index is -0.177. The zero-order valence-corrected chi connectivity index (χ0v) is 16.1. The number of nitrogens with one attached hydrogen (secondary N) is 2. The largest absolute Gasteiger partial charge is 0.361 e. The molecule has 0 amide bonds. The van der Waals surface area contributed by atoms with Crippen LogP contribution in [0.15, 0.2) is 29.2 Å². The quantitative estimate of drug-likeness (QED) is 0.721. The molecule has 0 unspecified atom stereocenters. The molecule has 4 rings (SSSR count). The van der Waals surface area contributed by atoms with Crippen molar-refractivity contribution < 1.29 is 0 Å². The predicted molar refractivity (Wildman–Crippen MR) is 105 cm³/mol. The van der Waals surface area contributed by atoms with Gasteiger partial charge in [-0.15, -0.1) is 0 Å². The summed E-state index contributed by atoms with van der Waals surface area (Å²) in [6.07, 6.45) is 2.77. The van der Waals surface area contributed by atoms with Crippen molar-refractivity contribution in [1.82, 2.24) is 19.9 Å². The van der Waals surface area contributed by atoms with E-state index in [0.717, 1.165) is 52.5 Å². The third-order valence-electron chi connectivity index (χ3n) is 4.99. The fourth-order valence-electron chi connectivity index (χ4n) is 3.51. The molecule has 0 saturated heterocycles. The number of aromatic nitrogens is 3. The van der Waals surface area contributed by atoms with Gasteiger partial charge in [0.25, 0.3) is 5.56 Å². The zero-order chi connectivity index (χ0) is 18.5. The second kappa shape index (κ2) is 6.25. The summed E-state index contributed by atoms with van der Waals surface area (Å²) in [4.78, 5) is 25.8. The molecule has 6 heteroatoms. The number of hydrogen-bond donors (Lipinski definition) is 2. The van der Waals surface area contributed by atoms with Crippen molar-refractivity contribution in [2.75, 3.05) is 6.54 Å². The summed E-state index contributed by atoms with van der Waals surface area (Å²) < 4.78 is 0. The number of fused-ring (bicyclic) bond motifs is 2. The van der Waals surface area contributed by atoms with Gasteiger partial charge in [-0.1, -0.05) is 32.4 Å². The molecule has 1 aromatic carbocycles. The van der Waals surface area contributed by atoms with Crippen LogP contribution in [-0.2, 0) is 24.9 Å². The number of aromatic amines is 2. The second-order valence-electron chi connectivity index (χ2n) is 8.05. The Bertz CT molecular complexity index is 1030. The Kier molecular flexibility index (Phi) is 4.16. The summed E-state index contributed by atoms with van der Waals surface area (Å²) in [5.74, 6) is 0.752. The Balaban J connectivity index is 1.63. The van der Waals surface area contributed by atoms with Crippen molar-refractivity contribution in [1.29, 1.82) is 0 Å². The Hall–Kier alpha value is -2.11. The normalized spacial score (nSPS) is 15.4. The van der Waals surface area contributed by atoms with Crippen molar-refractivity contribution in [3.63, 3.8) is 0 Å². The van der Waals surface area contributed by atoms with Gasteiger partial charge in [-0.05, 0) is 30.2 Å². The van der Waals surface area contributed by atoms with E-state index in [1.165, 1.54) is 5.56 Å². The van der Waals surface area contributed by atoms with E-state index in [9.17, 15) is 4.79 Å². The lowest BCUT2D eigenvalue weighted by Gasteiger charge is -2.28. The predicted octanol–water partition coefficient (Wildman–Crippen LogP) is 3.76. The number of benzene rings is 1. The van der Waals surface area contributed by atoms with Crippen LogP contribution in [0.2, 0.25) is 5.02 Å². The molecule has 2 N–H and O–H groups in total. The summed E-state index contributed by atoms with van der Waals surface area (Å²) in [5.41, 5.74) is 3.88. The molecule has 26 heavy (non-hydrogen) atoms. The van der Waals surface area contributed by atoms with E-state index in [2.05, 4.69) is 35.6 Å². The SMILES string of the molecule is CC(C)(C)c1nc2c(c(=O)[nH]1)CCN(Cc1c[nH]c3ccc(Cl)cc13)C2. The molecule has 0 fully saturated rings. The van der Waals surface area contributed by atoms with E-state index in [1.54, 1.807) is 0 Å².